The lowest BCUT2D eigenvalue weighted by molar-refractivity contribution is 0.102. The summed E-state index contributed by atoms with van der Waals surface area (Å²) in [5, 5.41) is 2.84. The summed E-state index contributed by atoms with van der Waals surface area (Å²) in [6, 6.07) is 11.2. The van der Waals surface area contributed by atoms with Gasteiger partial charge in [-0.3, -0.25) is 4.79 Å². The number of halogens is 1. The molecular weight excluding hydrogens is 376 g/mol. The van der Waals surface area contributed by atoms with Gasteiger partial charge in [0, 0.05) is 30.4 Å². The van der Waals surface area contributed by atoms with E-state index in [-0.39, 0.29) is 15.5 Å². The molecule has 0 saturated carbocycles. The summed E-state index contributed by atoms with van der Waals surface area (Å²) in [5.41, 5.74) is 0.767. The number of nitrogens with zero attached hydrogens (tertiary/aromatic N) is 1. The molecule has 2 aromatic carbocycles. The Labute approximate surface area is 157 Å². The fraction of sp³-hybridized carbons (Fsp3) is 0.278. The van der Waals surface area contributed by atoms with Crippen LogP contribution in [0, 0.1) is 0 Å². The van der Waals surface area contributed by atoms with Crippen LogP contribution in [0.15, 0.2) is 47.4 Å². The molecule has 1 aliphatic rings. The monoisotopic (exact) mass is 394 g/mol. The fourth-order valence-corrected chi connectivity index (χ4v) is 4.83. The van der Waals surface area contributed by atoms with Crippen molar-refractivity contribution in [2.75, 3.05) is 25.5 Å². The minimum absolute atomic E-state index is 0.0423. The number of benzene rings is 2. The van der Waals surface area contributed by atoms with E-state index < -0.39 is 15.9 Å². The van der Waals surface area contributed by atoms with Crippen molar-refractivity contribution in [3.8, 4) is 5.75 Å². The fourth-order valence-electron chi connectivity index (χ4n) is 2.81. The second-order valence-corrected chi connectivity index (χ2v) is 8.26. The van der Waals surface area contributed by atoms with Gasteiger partial charge in [0.2, 0.25) is 10.0 Å². The van der Waals surface area contributed by atoms with Crippen molar-refractivity contribution in [3.05, 3.63) is 53.1 Å². The molecule has 8 heteroatoms. The van der Waals surface area contributed by atoms with Crippen LogP contribution in [0.3, 0.4) is 0 Å². The van der Waals surface area contributed by atoms with Crippen LogP contribution in [-0.2, 0) is 10.0 Å². The van der Waals surface area contributed by atoms with E-state index in [2.05, 4.69) is 5.32 Å². The van der Waals surface area contributed by atoms with Crippen LogP contribution >= 0.6 is 11.6 Å². The highest BCUT2D eigenvalue weighted by Crippen LogP contribution is 2.28. The largest absolute Gasteiger partial charge is 0.497 e. The number of carbonyl (C=O) groups excluding carboxylic acids is 1. The molecule has 138 valence electrons. The summed E-state index contributed by atoms with van der Waals surface area (Å²) in [4.78, 5) is 12.5. The van der Waals surface area contributed by atoms with Crippen molar-refractivity contribution >= 4 is 33.2 Å². The first-order valence-electron chi connectivity index (χ1n) is 8.17. The van der Waals surface area contributed by atoms with Gasteiger partial charge in [-0.2, -0.15) is 4.31 Å². The Morgan fingerprint density at radius 2 is 1.88 bits per heavy atom. The zero-order chi connectivity index (χ0) is 18.7. The number of ether oxygens (including phenoxy) is 1. The van der Waals surface area contributed by atoms with Crippen LogP contribution in [0.2, 0.25) is 5.02 Å². The standard InChI is InChI=1S/C18H19ClN2O4S/c1-25-15-6-4-5-14(12-15)20-18(22)13-7-8-16(19)17(11-13)26(23,24)21-9-2-3-10-21/h4-8,11-12H,2-3,9-10H2,1H3,(H,20,22). The Morgan fingerprint density at radius 3 is 2.58 bits per heavy atom. The molecule has 1 fully saturated rings. The SMILES string of the molecule is COc1cccc(NC(=O)c2ccc(Cl)c(S(=O)(=O)N3CCCC3)c2)c1. The molecule has 2 aromatic rings. The Kier molecular flexibility index (Phi) is 5.50. The summed E-state index contributed by atoms with van der Waals surface area (Å²) < 4.78 is 32.1. The lowest BCUT2D eigenvalue weighted by Gasteiger charge is -2.17. The predicted octanol–water partition coefficient (Wildman–Crippen LogP) is 3.39. The maximum absolute atomic E-state index is 12.8. The second kappa shape index (κ2) is 7.65. The number of hydrogen-bond acceptors (Lipinski definition) is 4. The first-order valence-corrected chi connectivity index (χ1v) is 9.99. The number of rotatable bonds is 5. The summed E-state index contributed by atoms with van der Waals surface area (Å²) in [6.07, 6.45) is 1.65. The van der Waals surface area contributed by atoms with E-state index >= 15 is 0 Å². The lowest BCUT2D eigenvalue weighted by Crippen LogP contribution is -2.28. The molecule has 1 N–H and O–H groups in total. The molecule has 0 aromatic heterocycles. The number of hydrogen-bond donors (Lipinski definition) is 1. The van der Waals surface area contributed by atoms with Gasteiger partial charge in [0.15, 0.2) is 0 Å². The zero-order valence-corrected chi connectivity index (χ0v) is 15.8. The van der Waals surface area contributed by atoms with Crippen LogP contribution < -0.4 is 10.1 Å². The van der Waals surface area contributed by atoms with Crippen molar-refractivity contribution in [2.45, 2.75) is 17.7 Å². The highest BCUT2D eigenvalue weighted by atomic mass is 35.5. The first-order chi connectivity index (χ1) is 12.4. The van der Waals surface area contributed by atoms with Crippen molar-refractivity contribution < 1.29 is 17.9 Å². The molecule has 26 heavy (non-hydrogen) atoms. The Hall–Kier alpha value is -2.09. The molecule has 3 rings (SSSR count). The van der Waals surface area contributed by atoms with Crippen LogP contribution in [0.1, 0.15) is 23.2 Å². The van der Waals surface area contributed by atoms with Crippen LogP contribution in [0.4, 0.5) is 5.69 Å². The Bertz CT molecular complexity index is 925. The average molecular weight is 395 g/mol. The van der Waals surface area contributed by atoms with E-state index in [1.807, 2.05) is 0 Å². The van der Waals surface area contributed by atoms with Gasteiger partial charge in [-0.1, -0.05) is 17.7 Å². The van der Waals surface area contributed by atoms with Crippen LogP contribution in [0.25, 0.3) is 0 Å². The van der Waals surface area contributed by atoms with Crippen LogP contribution in [0.5, 0.6) is 5.75 Å². The van der Waals surface area contributed by atoms with E-state index in [1.165, 1.54) is 29.6 Å². The van der Waals surface area contributed by atoms with Gasteiger partial charge in [0.1, 0.15) is 10.6 Å². The number of sulfonamides is 1. The smallest absolute Gasteiger partial charge is 0.255 e. The number of carbonyl (C=O) groups is 1. The molecule has 0 bridgehead atoms. The van der Waals surface area contributed by atoms with Crippen LogP contribution in [-0.4, -0.2) is 38.8 Å². The van der Waals surface area contributed by atoms with E-state index in [9.17, 15) is 13.2 Å². The Morgan fingerprint density at radius 1 is 1.15 bits per heavy atom. The second-order valence-electron chi connectivity index (χ2n) is 5.94. The van der Waals surface area contributed by atoms with E-state index in [0.29, 0.717) is 24.5 Å². The summed E-state index contributed by atoms with van der Waals surface area (Å²) in [6.45, 7) is 0.942. The third kappa shape index (κ3) is 3.85. The summed E-state index contributed by atoms with van der Waals surface area (Å²) in [5.74, 6) is 0.184. The minimum Gasteiger partial charge on any atom is -0.497 e. The minimum atomic E-state index is -3.71. The summed E-state index contributed by atoms with van der Waals surface area (Å²) in [7, 11) is -2.17. The van der Waals surface area contributed by atoms with Gasteiger partial charge in [-0.05, 0) is 43.2 Å². The lowest BCUT2D eigenvalue weighted by atomic mass is 10.2. The van der Waals surface area contributed by atoms with Gasteiger partial charge in [-0.25, -0.2) is 8.42 Å². The molecule has 0 aliphatic carbocycles. The molecule has 1 heterocycles. The average Bonchev–Trinajstić information content (AvgIpc) is 3.17. The third-order valence-electron chi connectivity index (χ3n) is 4.20. The maximum Gasteiger partial charge on any atom is 0.255 e. The van der Waals surface area contributed by atoms with Crippen molar-refractivity contribution in [1.29, 1.82) is 0 Å². The maximum atomic E-state index is 12.8. The highest BCUT2D eigenvalue weighted by Gasteiger charge is 2.29. The molecule has 0 unspecified atom stereocenters. The van der Waals surface area contributed by atoms with Crippen molar-refractivity contribution in [2.24, 2.45) is 0 Å². The van der Waals surface area contributed by atoms with Gasteiger partial charge in [0.05, 0.1) is 12.1 Å². The normalized spacial score (nSPS) is 15.0. The molecule has 1 aliphatic heterocycles. The number of methoxy groups -OCH3 is 1. The third-order valence-corrected chi connectivity index (χ3v) is 6.58. The molecule has 0 atom stereocenters. The molecule has 1 amide bonds. The summed E-state index contributed by atoms with van der Waals surface area (Å²) >= 11 is 6.11. The van der Waals surface area contributed by atoms with Crippen molar-refractivity contribution in [1.82, 2.24) is 4.31 Å². The van der Waals surface area contributed by atoms with Gasteiger partial charge in [0.25, 0.3) is 5.91 Å². The molecule has 1 saturated heterocycles. The number of anilines is 1. The first kappa shape index (κ1) is 18.7. The van der Waals surface area contributed by atoms with Crippen molar-refractivity contribution in [3.63, 3.8) is 0 Å². The highest BCUT2D eigenvalue weighted by molar-refractivity contribution is 7.89. The molecule has 6 nitrogen and oxygen atoms in total. The number of nitrogens with one attached hydrogen (secondary N) is 1. The van der Waals surface area contributed by atoms with Gasteiger partial charge >= 0.3 is 0 Å². The topological polar surface area (TPSA) is 75.7 Å². The quantitative estimate of drug-likeness (QED) is 0.843. The predicted molar refractivity (Wildman–Crippen MR) is 100 cm³/mol. The van der Waals surface area contributed by atoms with E-state index in [1.54, 1.807) is 24.3 Å². The van der Waals surface area contributed by atoms with E-state index in [4.69, 9.17) is 16.3 Å². The number of amides is 1. The Balaban J connectivity index is 1.88. The molecular formula is C18H19ClN2O4S. The van der Waals surface area contributed by atoms with E-state index in [0.717, 1.165) is 12.8 Å². The zero-order valence-electron chi connectivity index (χ0n) is 14.2. The molecule has 0 radical (unpaired) electrons. The molecule has 0 spiro atoms. The van der Waals surface area contributed by atoms with Gasteiger partial charge in [-0.15, -0.1) is 0 Å². The van der Waals surface area contributed by atoms with Gasteiger partial charge < -0.3 is 10.1 Å².